The van der Waals surface area contributed by atoms with Gasteiger partial charge in [-0.3, -0.25) is 14.4 Å². The fourth-order valence-electron chi connectivity index (χ4n) is 8.25. The number of carbonyl (C=O) groups is 5. The summed E-state index contributed by atoms with van der Waals surface area (Å²) < 4.78 is 21.1. The van der Waals surface area contributed by atoms with Gasteiger partial charge in [-0.05, 0) is 123 Å². The number of carbonyl (C=O) groups excluding carboxylic acids is 5. The van der Waals surface area contributed by atoms with Crippen molar-refractivity contribution < 1.29 is 57.7 Å². The van der Waals surface area contributed by atoms with Crippen LogP contribution in [0.5, 0.6) is 0 Å². The minimum atomic E-state index is -0.984. The highest BCUT2D eigenvalue weighted by Crippen LogP contribution is 2.48. The van der Waals surface area contributed by atoms with Gasteiger partial charge in [0.2, 0.25) is 0 Å². The molecule has 8 rings (SSSR count). The summed E-state index contributed by atoms with van der Waals surface area (Å²) in [7, 11) is 0. The molecule has 1 N–H and O–H groups in total. The molecule has 0 aromatic heterocycles. The summed E-state index contributed by atoms with van der Waals surface area (Å²) in [5, 5.41) is 20.6. The predicted octanol–water partition coefficient (Wildman–Crippen LogP) is 10.8. The Kier molecular flexibility index (Phi) is 17.0. The molecule has 0 bridgehead atoms. The van der Waals surface area contributed by atoms with Crippen molar-refractivity contribution in [1.29, 1.82) is 0 Å². The van der Waals surface area contributed by atoms with Gasteiger partial charge in [-0.15, -0.1) is 0 Å². The van der Waals surface area contributed by atoms with E-state index in [0.29, 0.717) is 85.8 Å². The van der Waals surface area contributed by atoms with Gasteiger partial charge in [0.1, 0.15) is 24.4 Å². The second kappa shape index (κ2) is 22.8. The number of aryl methyl sites for hydroxylation is 2. The van der Waals surface area contributed by atoms with Crippen LogP contribution in [0, 0.1) is 13.8 Å². The molecule has 2 saturated carbocycles. The molecule has 14 nitrogen and oxygen atoms in total. The van der Waals surface area contributed by atoms with Crippen molar-refractivity contribution in [3.05, 3.63) is 152 Å². The van der Waals surface area contributed by atoms with Gasteiger partial charge < -0.3 is 33.7 Å². The fraction of sp³-hybridized carbons (Fsp3) is 0.327. The highest BCUT2D eigenvalue weighted by Gasteiger charge is 2.52. The molecule has 2 fully saturated rings. The zero-order valence-electron chi connectivity index (χ0n) is 38.4. The van der Waals surface area contributed by atoms with Crippen molar-refractivity contribution in [2.75, 3.05) is 0 Å². The number of nitrogens with zero attached hydrogens (tertiary/aromatic N) is 2. The number of ether oxygens (including phenoxy) is 4. The standard InChI is InChI=1S/C25H24ClNO5.C23H22ClNO4.C4H6O3/c1-16-14-19(26)8-9-21(16)22-23(31-17(2)28)25(32-24(22)29)12-10-20(11-13-25)27-30-15-18-6-4-3-5-7-18;1-15-13-17(24)7-8-19(15)20-21(26)23(29-22(20)27)11-9-18(10-12-23)25-28-14-16-5-3-2-4-6-16;1-3(5)7-4(2)6/h3-9,14H,10-13,15H2,1-2H3;2-8,13,26H,9-12,14H2,1H3;1-2H3. The van der Waals surface area contributed by atoms with Crippen LogP contribution in [0.3, 0.4) is 0 Å². The molecule has 4 aromatic rings. The average Bonchev–Trinajstić information content (AvgIpc) is 3.68. The van der Waals surface area contributed by atoms with E-state index in [1.165, 1.54) is 20.8 Å². The first-order valence-electron chi connectivity index (χ1n) is 22.0. The van der Waals surface area contributed by atoms with E-state index < -0.39 is 41.0 Å². The summed E-state index contributed by atoms with van der Waals surface area (Å²) in [5.74, 6) is -2.31. The minimum absolute atomic E-state index is 0.0113. The van der Waals surface area contributed by atoms with E-state index in [1.54, 1.807) is 36.4 Å². The maximum Gasteiger partial charge on any atom is 0.343 e. The SMILES string of the molecule is CC(=O)OC(C)=O.CC(=O)OC1=C(c2ccc(Cl)cc2C)C(=O)OC12CCC(=NOCc1ccccc1)CC2.Cc1cc(Cl)ccc1C1=C(O)C2(CCC(=NOCc3ccccc3)CC2)OC1=O. The molecule has 0 saturated heterocycles. The smallest absolute Gasteiger partial charge is 0.343 e. The van der Waals surface area contributed by atoms with Crippen molar-refractivity contribution in [3.63, 3.8) is 0 Å². The van der Waals surface area contributed by atoms with Gasteiger partial charge in [-0.1, -0.05) is 106 Å². The summed E-state index contributed by atoms with van der Waals surface area (Å²) in [5.41, 5.74) is 5.38. The van der Waals surface area contributed by atoms with Gasteiger partial charge in [-0.25, -0.2) is 9.59 Å². The van der Waals surface area contributed by atoms with Crippen molar-refractivity contribution in [1.82, 2.24) is 0 Å². The van der Waals surface area contributed by atoms with Crippen molar-refractivity contribution >= 4 is 75.6 Å². The van der Waals surface area contributed by atoms with Gasteiger partial charge in [-0.2, -0.15) is 0 Å². The van der Waals surface area contributed by atoms with Crippen molar-refractivity contribution in [3.8, 4) is 0 Å². The molecule has 0 radical (unpaired) electrons. The van der Waals surface area contributed by atoms with E-state index in [2.05, 4.69) is 15.0 Å². The van der Waals surface area contributed by atoms with Gasteiger partial charge >= 0.3 is 29.8 Å². The van der Waals surface area contributed by atoms with E-state index in [1.807, 2.05) is 74.5 Å². The lowest BCUT2D eigenvalue weighted by molar-refractivity contribution is -0.156. The molecule has 2 spiro atoms. The lowest BCUT2D eigenvalue weighted by atomic mass is 9.81. The van der Waals surface area contributed by atoms with E-state index in [9.17, 15) is 29.1 Å². The summed E-state index contributed by atoms with van der Waals surface area (Å²) >= 11 is 12.1. The van der Waals surface area contributed by atoms with E-state index in [0.717, 1.165) is 33.7 Å². The molecule has 4 aromatic carbocycles. The van der Waals surface area contributed by atoms with Crippen LogP contribution in [0.25, 0.3) is 11.1 Å². The number of halogens is 2. The molecule has 0 atom stereocenters. The summed E-state index contributed by atoms with van der Waals surface area (Å²) in [6.45, 7) is 8.20. The molecule has 356 valence electrons. The molecule has 2 aliphatic carbocycles. The van der Waals surface area contributed by atoms with Crippen LogP contribution in [0.2, 0.25) is 10.0 Å². The minimum Gasteiger partial charge on any atom is -0.507 e. The van der Waals surface area contributed by atoms with E-state index in [-0.39, 0.29) is 22.7 Å². The highest BCUT2D eigenvalue weighted by atomic mass is 35.5. The Hall–Kier alpha value is -6.77. The Morgan fingerprint density at radius 3 is 1.43 bits per heavy atom. The number of oxime groups is 2. The van der Waals surface area contributed by atoms with Gasteiger partial charge in [0, 0.05) is 30.8 Å². The Labute approximate surface area is 404 Å². The van der Waals surface area contributed by atoms with Crippen LogP contribution < -0.4 is 0 Å². The molecule has 68 heavy (non-hydrogen) atoms. The van der Waals surface area contributed by atoms with E-state index >= 15 is 0 Å². The van der Waals surface area contributed by atoms with Crippen LogP contribution in [-0.4, -0.2) is 57.6 Å². The molecule has 2 aliphatic heterocycles. The molecule has 16 heteroatoms. The van der Waals surface area contributed by atoms with Crippen molar-refractivity contribution in [2.24, 2.45) is 10.3 Å². The fourth-order valence-corrected chi connectivity index (χ4v) is 8.71. The van der Waals surface area contributed by atoms with Gasteiger partial charge in [0.05, 0.1) is 11.4 Å². The molecule has 4 aliphatic rings. The Balaban J connectivity index is 0.000000197. The monoisotopic (exact) mass is 966 g/mol. The lowest BCUT2D eigenvalue weighted by Gasteiger charge is -2.33. The van der Waals surface area contributed by atoms with Crippen LogP contribution >= 0.6 is 23.2 Å². The number of rotatable bonds is 9. The zero-order valence-corrected chi connectivity index (χ0v) is 39.9. The Morgan fingerprint density at radius 1 is 0.603 bits per heavy atom. The maximum atomic E-state index is 12.9. The van der Waals surface area contributed by atoms with E-state index in [4.69, 9.17) is 47.1 Å². The van der Waals surface area contributed by atoms with Gasteiger partial charge in [0.25, 0.3) is 0 Å². The van der Waals surface area contributed by atoms with Gasteiger partial charge in [0.15, 0.2) is 22.7 Å². The van der Waals surface area contributed by atoms with Crippen LogP contribution in [-0.2, 0) is 65.8 Å². The summed E-state index contributed by atoms with van der Waals surface area (Å²) in [6, 6.07) is 30.1. The molecule has 0 amide bonds. The summed E-state index contributed by atoms with van der Waals surface area (Å²) in [4.78, 5) is 68.0. The first-order chi connectivity index (χ1) is 32.5. The van der Waals surface area contributed by atoms with Crippen LogP contribution in [0.1, 0.15) is 106 Å². The third-order valence-electron chi connectivity index (χ3n) is 11.5. The normalized spacial score (nSPS) is 19.5. The second-order valence-corrected chi connectivity index (χ2v) is 17.5. The van der Waals surface area contributed by atoms with Crippen LogP contribution in [0.4, 0.5) is 0 Å². The molecular weight excluding hydrogens is 915 g/mol. The lowest BCUT2D eigenvalue weighted by Crippen LogP contribution is -2.38. The number of benzene rings is 4. The molecule has 2 heterocycles. The number of hydrogen-bond acceptors (Lipinski definition) is 14. The topological polar surface area (TPSA) is 186 Å². The quantitative estimate of drug-likeness (QED) is 0.0725. The Morgan fingerprint density at radius 2 is 1.01 bits per heavy atom. The molecule has 0 unspecified atom stereocenters. The van der Waals surface area contributed by atoms with Crippen molar-refractivity contribution in [2.45, 2.75) is 110 Å². The Bertz CT molecular complexity index is 2640. The number of esters is 5. The molecular formula is C52H52Cl2N2O12. The number of aliphatic hydroxyl groups is 1. The summed E-state index contributed by atoms with van der Waals surface area (Å²) in [6.07, 6.45) is 4.22. The third-order valence-corrected chi connectivity index (χ3v) is 12.0. The highest BCUT2D eigenvalue weighted by molar-refractivity contribution is 6.31. The zero-order chi connectivity index (χ0) is 49.0. The largest absolute Gasteiger partial charge is 0.507 e. The number of hydrogen-bond donors (Lipinski definition) is 1. The second-order valence-electron chi connectivity index (χ2n) is 16.6. The predicted molar refractivity (Wildman–Crippen MR) is 255 cm³/mol. The third kappa shape index (κ3) is 12.8. The maximum absolute atomic E-state index is 12.9. The first kappa shape index (κ1) is 50.6. The van der Waals surface area contributed by atoms with Crippen LogP contribution in [0.15, 0.2) is 119 Å². The average molecular weight is 968 g/mol. The number of aliphatic hydroxyl groups excluding tert-OH is 1. The first-order valence-corrected chi connectivity index (χ1v) is 22.7.